The van der Waals surface area contributed by atoms with E-state index < -0.39 is 0 Å². The number of rotatable bonds is 6. The fraction of sp³-hybridized carbons (Fsp3) is 0.227. The van der Waals surface area contributed by atoms with Crippen molar-refractivity contribution in [2.45, 2.75) is 27.3 Å². The first-order chi connectivity index (χ1) is 14.0. The van der Waals surface area contributed by atoms with Gasteiger partial charge in [0.15, 0.2) is 11.5 Å². The second kappa shape index (κ2) is 7.79. The summed E-state index contributed by atoms with van der Waals surface area (Å²) in [5.41, 5.74) is 3.38. The number of benzene rings is 1. The van der Waals surface area contributed by atoms with E-state index in [1.807, 2.05) is 80.2 Å². The Morgan fingerprint density at radius 2 is 1.86 bits per heavy atom. The second-order valence-electron chi connectivity index (χ2n) is 6.86. The number of ether oxygens (including phenoxy) is 1. The van der Waals surface area contributed by atoms with E-state index in [1.54, 1.807) is 4.68 Å². The zero-order chi connectivity index (χ0) is 20.4. The molecule has 148 valence electrons. The van der Waals surface area contributed by atoms with E-state index in [4.69, 9.17) is 9.84 Å². The minimum absolute atomic E-state index is 0.0703. The van der Waals surface area contributed by atoms with Gasteiger partial charge in [-0.1, -0.05) is 0 Å². The van der Waals surface area contributed by atoms with Crippen LogP contribution in [-0.2, 0) is 11.3 Å². The van der Waals surface area contributed by atoms with Gasteiger partial charge >= 0.3 is 0 Å². The lowest BCUT2D eigenvalue weighted by atomic mass is 10.2. The van der Waals surface area contributed by atoms with Gasteiger partial charge in [-0.15, -0.1) is 0 Å². The Bertz CT molecular complexity index is 1140. The quantitative estimate of drug-likeness (QED) is 0.543. The third kappa shape index (κ3) is 3.85. The van der Waals surface area contributed by atoms with E-state index in [0.29, 0.717) is 17.9 Å². The molecule has 0 unspecified atom stereocenters. The average Bonchev–Trinajstić information content (AvgIpc) is 3.32. The molecule has 29 heavy (non-hydrogen) atoms. The molecule has 4 rings (SSSR count). The van der Waals surface area contributed by atoms with Gasteiger partial charge in [0.2, 0.25) is 5.91 Å². The minimum Gasteiger partial charge on any atom is -0.494 e. The maximum Gasteiger partial charge on any atom is 0.246 e. The SMILES string of the molecule is CCOc1ccc(NC(=O)Cn2nc(-n3cccc3)c3c(C)cc(C)nc32)cc1. The van der Waals surface area contributed by atoms with Crippen LogP contribution in [-0.4, -0.2) is 31.8 Å². The largest absolute Gasteiger partial charge is 0.494 e. The van der Waals surface area contributed by atoms with Crippen molar-refractivity contribution in [2.24, 2.45) is 0 Å². The molecule has 4 aromatic rings. The number of hydrogen-bond donors (Lipinski definition) is 1. The van der Waals surface area contributed by atoms with Crippen molar-refractivity contribution in [1.29, 1.82) is 0 Å². The predicted octanol–water partition coefficient (Wildman–Crippen LogP) is 3.88. The lowest BCUT2D eigenvalue weighted by Gasteiger charge is -2.08. The van der Waals surface area contributed by atoms with Crippen LogP contribution in [0.15, 0.2) is 54.9 Å². The van der Waals surface area contributed by atoms with Gasteiger partial charge in [-0.05, 0) is 68.8 Å². The Labute approximate surface area is 168 Å². The molecule has 0 saturated carbocycles. The van der Waals surface area contributed by atoms with Gasteiger partial charge in [0.1, 0.15) is 12.3 Å². The lowest BCUT2D eigenvalue weighted by molar-refractivity contribution is -0.116. The minimum atomic E-state index is -0.168. The number of anilines is 1. The third-order valence-electron chi connectivity index (χ3n) is 4.60. The maximum atomic E-state index is 12.7. The van der Waals surface area contributed by atoms with E-state index in [1.165, 1.54) is 0 Å². The molecule has 7 heteroatoms. The van der Waals surface area contributed by atoms with Crippen molar-refractivity contribution in [3.05, 3.63) is 66.1 Å². The highest BCUT2D eigenvalue weighted by Gasteiger charge is 2.18. The molecule has 7 nitrogen and oxygen atoms in total. The maximum absolute atomic E-state index is 12.7. The Morgan fingerprint density at radius 1 is 1.14 bits per heavy atom. The fourth-order valence-electron chi connectivity index (χ4n) is 3.40. The standard InChI is InChI=1S/C22H23N5O2/c1-4-29-18-9-7-17(8-10-18)24-19(28)14-27-21-20(15(2)13-16(3)23-21)22(25-27)26-11-5-6-12-26/h5-13H,4,14H2,1-3H3,(H,24,28). The smallest absolute Gasteiger partial charge is 0.246 e. The number of carbonyl (C=O) groups excluding carboxylic acids is 1. The first-order valence-electron chi connectivity index (χ1n) is 9.56. The Hall–Kier alpha value is -3.61. The van der Waals surface area contributed by atoms with Crippen LogP contribution in [0.3, 0.4) is 0 Å². The van der Waals surface area contributed by atoms with Gasteiger partial charge in [0, 0.05) is 23.8 Å². The van der Waals surface area contributed by atoms with Crippen LogP contribution in [0.4, 0.5) is 5.69 Å². The van der Waals surface area contributed by atoms with Crippen molar-refractivity contribution in [3.8, 4) is 11.6 Å². The monoisotopic (exact) mass is 389 g/mol. The number of hydrogen-bond acceptors (Lipinski definition) is 4. The van der Waals surface area contributed by atoms with Gasteiger partial charge in [0.25, 0.3) is 0 Å². The summed E-state index contributed by atoms with van der Waals surface area (Å²) < 4.78 is 9.03. The van der Waals surface area contributed by atoms with E-state index in [-0.39, 0.29) is 12.5 Å². The molecule has 1 amide bonds. The van der Waals surface area contributed by atoms with Crippen LogP contribution in [0.5, 0.6) is 5.75 Å². The number of nitrogens with one attached hydrogen (secondary N) is 1. The molecule has 0 aliphatic carbocycles. The fourth-order valence-corrected chi connectivity index (χ4v) is 3.40. The van der Waals surface area contributed by atoms with Crippen molar-refractivity contribution in [3.63, 3.8) is 0 Å². The topological polar surface area (TPSA) is 74.0 Å². The van der Waals surface area contributed by atoms with Crippen molar-refractivity contribution in [2.75, 3.05) is 11.9 Å². The number of aromatic nitrogens is 4. The highest BCUT2D eigenvalue weighted by Crippen LogP contribution is 2.25. The molecule has 0 aliphatic heterocycles. The highest BCUT2D eigenvalue weighted by molar-refractivity contribution is 5.93. The van der Waals surface area contributed by atoms with Crippen molar-refractivity contribution in [1.82, 2.24) is 19.3 Å². The predicted molar refractivity (Wildman–Crippen MR) is 113 cm³/mol. The van der Waals surface area contributed by atoms with E-state index >= 15 is 0 Å². The van der Waals surface area contributed by atoms with E-state index in [2.05, 4.69) is 10.3 Å². The van der Waals surface area contributed by atoms with Crippen LogP contribution in [0.25, 0.3) is 16.9 Å². The van der Waals surface area contributed by atoms with Crippen LogP contribution in [0, 0.1) is 13.8 Å². The molecule has 3 aromatic heterocycles. The first-order valence-corrected chi connectivity index (χ1v) is 9.56. The molecule has 1 aromatic carbocycles. The first kappa shape index (κ1) is 18.7. The number of aryl methyl sites for hydroxylation is 2. The molecule has 0 spiro atoms. The molecule has 0 aliphatic rings. The molecule has 3 heterocycles. The van der Waals surface area contributed by atoms with Gasteiger partial charge < -0.3 is 14.6 Å². The van der Waals surface area contributed by atoms with Crippen LogP contribution in [0.2, 0.25) is 0 Å². The molecule has 0 bridgehead atoms. The molecule has 0 atom stereocenters. The Kier molecular flexibility index (Phi) is 5.03. The number of fused-ring (bicyclic) bond motifs is 1. The summed E-state index contributed by atoms with van der Waals surface area (Å²) in [6.07, 6.45) is 3.87. The molecular formula is C22H23N5O2. The van der Waals surface area contributed by atoms with E-state index in [0.717, 1.165) is 28.2 Å². The van der Waals surface area contributed by atoms with Crippen molar-refractivity contribution >= 4 is 22.6 Å². The van der Waals surface area contributed by atoms with Gasteiger partial charge in [-0.25, -0.2) is 9.67 Å². The van der Waals surface area contributed by atoms with Gasteiger partial charge in [-0.3, -0.25) is 4.79 Å². The van der Waals surface area contributed by atoms with Crippen LogP contribution < -0.4 is 10.1 Å². The number of nitrogens with zero attached hydrogens (tertiary/aromatic N) is 4. The summed E-state index contributed by atoms with van der Waals surface area (Å²) >= 11 is 0. The highest BCUT2D eigenvalue weighted by atomic mass is 16.5. The molecule has 0 fully saturated rings. The van der Waals surface area contributed by atoms with Gasteiger partial charge in [-0.2, -0.15) is 5.10 Å². The molecule has 1 N–H and O–H groups in total. The summed E-state index contributed by atoms with van der Waals surface area (Å²) in [5.74, 6) is 1.37. The summed E-state index contributed by atoms with van der Waals surface area (Å²) in [5, 5.41) is 8.54. The number of amides is 1. The van der Waals surface area contributed by atoms with Crippen LogP contribution >= 0.6 is 0 Å². The van der Waals surface area contributed by atoms with Gasteiger partial charge in [0.05, 0.1) is 12.0 Å². The normalized spacial score (nSPS) is 11.0. The summed E-state index contributed by atoms with van der Waals surface area (Å²) in [6.45, 7) is 6.59. The molecular weight excluding hydrogens is 366 g/mol. The zero-order valence-electron chi connectivity index (χ0n) is 16.7. The third-order valence-corrected chi connectivity index (χ3v) is 4.60. The molecule has 0 radical (unpaired) electrons. The zero-order valence-corrected chi connectivity index (χ0v) is 16.7. The van der Waals surface area contributed by atoms with Crippen molar-refractivity contribution < 1.29 is 9.53 Å². The van der Waals surface area contributed by atoms with Crippen LogP contribution in [0.1, 0.15) is 18.2 Å². The number of pyridine rings is 1. The summed E-state index contributed by atoms with van der Waals surface area (Å²) in [4.78, 5) is 17.3. The lowest BCUT2D eigenvalue weighted by Crippen LogP contribution is -2.20. The summed E-state index contributed by atoms with van der Waals surface area (Å²) in [6, 6.07) is 13.2. The second-order valence-corrected chi connectivity index (χ2v) is 6.86. The Balaban J connectivity index is 1.63. The number of carbonyl (C=O) groups is 1. The Morgan fingerprint density at radius 3 is 2.55 bits per heavy atom. The average molecular weight is 389 g/mol. The summed E-state index contributed by atoms with van der Waals surface area (Å²) in [7, 11) is 0. The van der Waals surface area contributed by atoms with E-state index in [9.17, 15) is 4.79 Å². The molecule has 0 saturated heterocycles.